The summed E-state index contributed by atoms with van der Waals surface area (Å²) in [6.45, 7) is 3.90. The molecule has 0 aliphatic rings. The van der Waals surface area contributed by atoms with Gasteiger partial charge in [0.2, 0.25) is 0 Å². The number of nitrogens with one attached hydrogen (secondary N) is 2. The Kier molecular flexibility index (Phi) is 4.20. The van der Waals surface area contributed by atoms with Crippen LogP contribution in [0.1, 0.15) is 24.3 Å². The number of aromatic amines is 1. The molecule has 3 N–H and O–H groups in total. The number of fused-ring (bicyclic) bond motifs is 1. The summed E-state index contributed by atoms with van der Waals surface area (Å²) in [5.41, 5.74) is -0.0951. The number of hydrogen-bond acceptors (Lipinski definition) is 3. The number of pyridine rings is 1. The van der Waals surface area contributed by atoms with Gasteiger partial charge < -0.3 is 15.4 Å². The molecule has 20 heavy (non-hydrogen) atoms. The molecule has 0 fully saturated rings. The summed E-state index contributed by atoms with van der Waals surface area (Å²) in [6.07, 6.45) is -0.605. The third kappa shape index (κ3) is 3.05. The first-order chi connectivity index (χ1) is 9.49. The Balaban J connectivity index is 2.21. The first-order valence-corrected chi connectivity index (χ1v) is 6.57. The molecule has 1 unspecified atom stereocenters. The fraction of sp³-hybridized carbons (Fsp3) is 0.333. The van der Waals surface area contributed by atoms with Crippen molar-refractivity contribution in [3.8, 4) is 0 Å². The molecule has 0 spiro atoms. The van der Waals surface area contributed by atoms with Gasteiger partial charge in [0.1, 0.15) is 5.69 Å². The van der Waals surface area contributed by atoms with Crippen LogP contribution in [0.3, 0.4) is 0 Å². The largest absolute Gasteiger partial charge is 0.391 e. The third-order valence-corrected chi connectivity index (χ3v) is 3.24. The standard InChI is InChI=1S/C15H18N2O3/c1-9(2)13(18)8-16-15(20)12-7-10-5-3-4-6-11(10)14(19)17-12/h3-7,9,13,18H,8H2,1-2H3,(H,16,20)(H,17,19). The highest BCUT2D eigenvalue weighted by atomic mass is 16.3. The second-order valence-electron chi connectivity index (χ2n) is 5.12. The lowest BCUT2D eigenvalue weighted by Crippen LogP contribution is -2.35. The van der Waals surface area contributed by atoms with Crippen LogP contribution in [0.15, 0.2) is 35.1 Å². The number of H-pyrrole nitrogens is 1. The fourth-order valence-electron chi connectivity index (χ4n) is 1.86. The monoisotopic (exact) mass is 274 g/mol. The predicted molar refractivity (Wildman–Crippen MR) is 77.7 cm³/mol. The maximum absolute atomic E-state index is 12.0. The van der Waals surface area contributed by atoms with Gasteiger partial charge in [-0.3, -0.25) is 9.59 Å². The van der Waals surface area contributed by atoms with E-state index >= 15 is 0 Å². The third-order valence-electron chi connectivity index (χ3n) is 3.24. The van der Waals surface area contributed by atoms with E-state index in [1.165, 1.54) is 0 Å². The van der Waals surface area contributed by atoms with Gasteiger partial charge in [0.25, 0.3) is 11.5 Å². The Bertz CT molecular complexity index is 676. The van der Waals surface area contributed by atoms with Crippen LogP contribution in [0.25, 0.3) is 10.8 Å². The molecule has 2 rings (SSSR count). The molecule has 0 saturated heterocycles. The molecule has 0 saturated carbocycles. The summed E-state index contributed by atoms with van der Waals surface area (Å²) in [7, 11) is 0. The number of hydrogen-bond donors (Lipinski definition) is 3. The minimum atomic E-state index is -0.605. The van der Waals surface area contributed by atoms with Gasteiger partial charge in [0.05, 0.1) is 6.10 Å². The van der Waals surface area contributed by atoms with E-state index < -0.39 is 12.0 Å². The number of aromatic nitrogens is 1. The van der Waals surface area contributed by atoms with Crippen molar-refractivity contribution in [2.24, 2.45) is 5.92 Å². The molecular weight excluding hydrogens is 256 g/mol. The highest BCUT2D eigenvalue weighted by molar-refractivity contribution is 5.96. The molecule has 1 aromatic heterocycles. The lowest BCUT2D eigenvalue weighted by atomic mass is 10.1. The van der Waals surface area contributed by atoms with Gasteiger partial charge in [-0.25, -0.2) is 0 Å². The quantitative estimate of drug-likeness (QED) is 0.785. The zero-order valence-corrected chi connectivity index (χ0v) is 11.5. The molecular formula is C15H18N2O3. The Labute approximate surface area is 116 Å². The molecule has 0 bridgehead atoms. The van der Waals surface area contributed by atoms with Gasteiger partial charge in [0, 0.05) is 11.9 Å². The summed E-state index contributed by atoms with van der Waals surface area (Å²) in [4.78, 5) is 26.4. The number of carbonyl (C=O) groups excluding carboxylic acids is 1. The first kappa shape index (κ1) is 14.3. The zero-order valence-electron chi connectivity index (χ0n) is 11.5. The van der Waals surface area contributed by atoms with Crippen molar-refractivity contribution < 1.29 is 9.90 Å². The number of carbonyl (C=O) groups is 1. The first-order valence-electron chi connectivity index (χ1n) is 6.57. The van der Waals surface area contributed by atoms with E-state index in [1.807, 2.05) is 19.9 Å². The minimum absolute atomic E-state index is 0.0611. The maximum Gasteiger partial charge on any atom is 0.267 e. The lowest BCUT2D eigenvalue weighted by molar-refractivity contribution is 0.0867. The molecule has 106 valence electrons. The number of aliphatic hydroxyl groups excluding tert-OH is 1. The average Bonchev–Trinajstić information content (AvgIpc) is 2.44. The molecule has 1 heterocycles. The second kappa shape index (κ2) is 5.88. The average molecular weight is 274 g/mol. The predicted octanol–water partition coefficient (Wildman–Crippen LogP) is 1.27. The minimum Gasteiger partial charge on any atom is -0.391 e. The van der Waals surface area contributed by atoms with Gasteiger partial charge >= 0.3 is 0 Å². The number of amides is 1. The van der Waals surface area contributed by atoms with Crippen molar-refractivity contribution in [2.45, 2.75) is 20.0 Å². The topological polar surface area (TPSA) is 82.2 Å². The zero-order chi connectivity index (χ0) is 14.7. The fourth-order valence-corrected chi connectivity index (χ4v) is 1.86. The van der Waals surface area contributed by atoms with Gasteiger partial charge in [-0.2, -0.15) is 0 Å². The van der Waals surface area contributed by atoms with Crippen molar-refractivity contribution >= 4 is 16.7 Å². The van der Waals surface area contributed by atoms with Crippen LogP contribution in [-0.2, 0) is 0 Å². The number of aliphatic hydroxyl groups is 1. The van der Waals surface area contributed by atoms with E-state index in [1.54, 1.807) is 24.3 Å². The number of benzene rings is 1. The van der Waals surface area contributed by atoms with E-state index in [4.69, 9.17) is 0 Å². The SMILES string of the molecule is CC(C)C(O)CNC(=O)c1cc2ccccc2c(=O)[nH]1. The summed E-state index contributed by atoms with van der Waals surface area (Å²) < 4.78 is 0. The Morgan fingerprint density at radius 3 is 2.75 bits per heavy atom. The Morgan fingerprint density at radius 1 is 1.35 bits per heavy atom. The van der Waals surface area contributed by atoms with Crippen LogP contribution in [-0.4, -0.2) is 28.6 Å². The Hall–Kier alpha value is -2.14. The smallest absolute Gasteiger partial charge is 0.267 e. The molecule has 0 aliphatic heterocycles. The van der Waals surface area contributed by atoms with Crippen molar-refractivity contribution in [3.05, 3.63) is 46.4 Å². The molecule has 2 aromatic rings. The van der Waals surface area contributed by atoms with E-state index in [2.05, 4.69) is 10.3 Å². The molecule has 0 radical (unpaired) electrons. The van der Waals surface area contributed by atoms with Crippen LogP contribution in [0.2, 0.25) is 0 Å². The van der Waals surface area contributed by atoms with Crippen LogP contribution in [0.5, 0.6) is 0 Å². The van der Waals surface area contributed by atoms with Crippen LogP contribution in [0, 0.1) is 5.92 Å². The van der Waals surface area contributed by atoms with E-state index in [0.29, 0.717) is 10.8 Å². The van der Waals surface area contributed by atoms with E-state index in [-0.39, 0.29) is 23.7 Å². The maximum atomic E-state index is 12.0. The molecule has 0 aliphatic carbocycles. The molecule has 1 amide bonds. The summed E-state index contributed by atoms with van der Waals surface area (Å²) >= 11 is 0. The van der Waals surface area contributed by atoms with Crippen molar-refractivity contribution in [3.63, 3.8) is 0 Å². The lowest BCUT2D eigenvalue weighted by Gasteiger charge is -2.15. The van der Waals surface area contributed by atoms with Gasteiger partial charge in [0.15, 0.2) is 0 Å². The molecule has 1 atom stereocenters. The summed E-state index contributed by atoms with van der Waals surface area (Å²) in [5, 5.41) is 13.5. The second-order valence-corrected chi connectivity index (χ2v) is 5.12. The van der Waals surface area contributed by atoms with Crippen molar-refractivity contribution in [2.75, 3.05) is 6.54 Å². The van der Waals surface area contributed by atoms with Crippen LogP contribution < -0.4 is 10.9 Å². The summed E-state index contributed by atoms with van der Waals surface area (Å²) in [5.74, 6) is -0.335. The van der Waals surface area contributed by atoms with Crippen molar-refractivity contribution in [1.82, 2.24) is 10.3 Å². The van der Waals surface area contributed by atoms with Gasteiger partial charge in [-0.15, -0.1) is 0 Å². The van der Waals surface area contributed by atoms with Crippen LogP contribution in [0.4, 0.5) is 0 Å². The van der Waals surface area contributed by atoms with Gasteiger partial charge in [-0.05, 0) is 23.4 Å². The van der Waals surface area contributed by atoms with E-state index in [9.17, 15) is 14.7 Å². The summed E-state index contributed by atoms with van der Waals surface area (Å²) in [6, 6.07) is 8.71. The Morgan fingerprint density at radius 2 is 2.05 bits per heavy atom. The molecule has 1 aromatic carbocycles. The highest BCUT2D eigenvalue weighted by Crippen LogP contribution is 2.09. The van der Waals surface area contributed by atoms with E-state index in [0.717, 1.165) is 0 Å². The molecule has 5 nitrogen and oxygen atoms in total. The van der Waals surface area contributed by atoms with Crippen LogP contribution >= 0.6 is 0 Å². The highest BCUT2D eigenvalue weighted by Gasteiger charge is 2.13. The molecule has 5 heteroatoms. The number of rotatable bonds is 4. The van der Waals surface area contributed by atoms with Crippen molar-refractivity contribution in [1.29, 1.82) is 0 Å². The van der Waals surface area contributed by atoms with Gasteiger partial charge in [-0.1, -0.05) is 32.0 Å². The normalized spacial score (nSPS) is 12.6.